The first-order valence-corrected chi connectivity index (χ1v) is 10.2. The molecule has 0 bridgehead atoms. The van der Waals surface area contributed by atoms with Gasteiger partial charge < -0.3 is 4.74 Å². The van der Waals surface area contributed by atoms with Crippen LogP contribution in [0.4, 0.5) is 11.4 Å². The van der Waals surface area contributed by atoms with Crippen molar-refractivity contribution in [1.82, 2.24) is 0 Å². The number of methoxy groups -OCH3 is 1. The van der Waals surface area contributed by atoms with Crippen LogP contribution in [0.2, 0.25) is 0 Å². The summed E-state index contributed by atoms with van der Waals surface area (Å²) in [6.45, 7) is 0. The maximum Gasteiger partial charge on any atom is 0.193 e. The molecule has 0 radical (unpaired) electrons. The Morgan fingerprint density at radius 2 is 1.09 bits per heavy atom. The summed E-state index contributed by atoms with van der Waals surface area (Å²) in [5.74, 6) is 0.835. The van der Waals surface area contributed by atoms with Crippen molar-refractivity contribution in [3.05, 3.63) is 125 Å². The van der Waals surface area contributed by atoms with E-state index >= 15 is 0 Å². The van der Waals surface area contributed by atoms with Crippen LogP contribution in [0.15, 0.2) is 113 Å². The zero-order chi connectivity index (χ0) is 22.2. The third-order valence-corrected chi connectivity index (χ3v) is 4.92. The fourth-order valence-corrected chi connectivity index (χ4v) is 3.11. The molecular weight excluding hydrogens is 396 g/mol. The normalized spacial score (nSPS) is 11.2. The highest BCUT2D eigenvalue weighted by atomic mass is 16.5. The SMILES string of the molecule is COc1ccc(/C=C/c2ccc(N=Nc3ccc(C(=O)c4ccccc4)cc3)cc2)cc1. The first-order chi connectivity index (χ1) is 15.7. The van der Waals surface area contributed by atoms with Crippen LogP contribution in [0.25, 0.3) is 12.2 Å². The lowest BCUT2D eigenvalue weighted by molar-refractivity contribution is 0.103. The maximum atomic E-state index is 12.5. The summed E-state index contributed by atoms with van der Waals surface area (Å²) in [5, 5.41) is 8.56. The minimum Gasteiger partial charge on any atom is -0.497 e. The van der Waals surface area contributed by atoms with Crippen molar-refractivity contribution in [2.75, 3.05) is 7.11 Å². The quantitative estimate of drug-likeness (QED) is 0.177. The zero-order valence-corrected chi connectivity index (χ0v) is 17.7. The summed E-state index contributed by atoms with van der Waals surface area (Å²) < 4.78 is 5.18. The van der Waals surface area contributed by atoms with Gasteiger partial charge in [0, 0.05) is 11.1 Å². The molecule has 0 spiro atoms. The van der Waals surface area contributed by atoms with E-state index in [0.717, 1.165) is 22.6 Å². The van der Waals surface area contributed by atoms with Crippen molar-refractivity contribution in [2.24, 2.45) is 10.2 Å². The molecule has 0 amide bonds. The number of ketones is 1. The number of ether oxygens (including phenoxy) is 1. The van der Waals surface area contributed by atoms with Crippen LogP contribution in [0.3, 0.4) is 0 Å². The van der Waals surface area contributed by atoms with Crippen molar-refractivity contribution >= 4 is 29.3 Å². The van der Waals surface area contributed by atoms with Crippen LogP contribution in [0.1, 0.15) is 27.0 Å². The molecule has 0 saturated carbocycles. The summed E-state index contributed by atoms with van der Waals surface area (Å²) in [5.41, 5.74) is 4.92. The predicted octanol–water partition coefficient (Wildman–Crippen LogP) is 7.51. The van der Waals surface area contributed by atoms with Gasteiger partial charge in [-0.05, 0) is 59.7 Å². The van der Waals surface area contributed by atoms with Crippen LogP contribution in [0, 0.1) is 0 Å². The molecule has 4 nitrogen and oxygen atoms in total. The van der Waals surface area contributed by atoms with Gasteiger partial charge in [0.1, 0.15) is 5.75 Å². The first-order valence-electron chi connectivity index (χ1n) is 10.2. The lowest BCUT2D eigenvalue weighted by Gasteiger charge is -2.01. The van der Waals surface area contributed by atoms with E-state index in [1.165, 1.54) is 0 Å². The number of nitrogens with zero attached hydrogens (tertiary/aromatic N) is 2. The molecule has 4 rings (SSSR count). The highest BCUT2D eigenvalue weighted by Gasteiger charge is 2.07. The minimum atomic E-state index is -0.00706. The van der Waals surface area contributed by atoms with Crippen LogP contribution < -0.4 is 4.74 Å². The Labute approximate surface area is 187 Å². The lowest BCUT2D eigenvalue weighted by Crippen LogP contribution is -1.99. The molecule has 0 unspecified atom stereocenters. The smallest absolute Gasteiger partial charge is 0.193 e. The summed E-state index contributed by atoms with van der Waals surface area (Å²) in [7, 11) is 1.66. The van der Waals surface area contributed by atoms with E-state index in [-0.39, 0.29) is 5.78 Å². The van der Waals surface area contributed by atoms with Gasteiger partial charge in [-0.1, -0.05) is 66.7 Å². The van der Waals surface area contributed by atoms with Gasteiger partial charge in [-0.2, -0.15) is 10.2 Å². The monoisotopic (exact) mass is 418 g/mol. The van der Waals surface area contributed by atoms with Gasteiger partial charge in [0.25, 0.3) is 0 Å². The molecule has 0 N–H and O–H groups in total. The van der Waals surface area contributed by atoms with Crippen LogP contribution in [-0.4, -0.2) is 12.9 Å². The second kappa shape index (κ2) is 10.1. The van der Waals surface area contributed by atoms with Crippen molar-refractivity contribution in [2.45, 2.75) is 0 Å². The number of carbonyl (C=O) groups excluding carboxylic acids is 1. The number of hydrogen-bond donors (Lipinski definition) is 0. The van der Waals surface area contributed by atoms with E-state index in [1.807, 2.05) is 91.0 Å². The molecular formula is C28H22N2O2. The zero-order valence-electron chi connectivity index (χ0n) is 17.7. The summed E-state index contributed by atoms with van der Waals surface area (Å²) in [6, 6.07) is 32.1. The molecule has 32 heavy (non-hydrogen) atoms. The lowest BCUT2D eigenvalue weighted by atomic mass is 10.0. The van der Waals surface area contributed by atoms with E-state index in [2.05, 4.69) is 10.2 Å². The molecule has 0 saturated heterocycles. The molecule has 0 heterocycles. The molecule has 0 aliphatic carbocycles. The topological polar surface area (TPSA) is 51.0 Å². The number of hydrogen-bond acceptors (Lipinski definition) is 4. The Morgan fingerprint density at radius 3 is 1.62 bits per heavy atom. The van der Waals surface area contributed by atoms with Gasteiger partial charge in [0.05, 0.1) is 18.5 Å². The fraction of sp³-hybridized carbons (Fsp3) is 0.0357. The summed E-state index contributed by atoms with van der Waals surface area (Å²) in [4.78, 5) is 12.5. The number of azo groups is 1. The van der Waals surface area contributed by atoms with Crippen molar-refractivity contribution < 1.29 is 9.53 Å². The average molecular weight is 418 g/mol. The Bertz CT molecular complexity index is 1230. The molecule has 156 valence electrons. The van der Waals surface area contributed by atoms with Gasteiger partial charge in [-0.3, -0.25) is 4.79 Å². The van der Waals surface area contributed by atoms with Gasteiger partial charge in [0.15, 0.2) is 5.78 Å². The maximum absolute atomic E-state index is 12.5. The van der Waals surface area contributed by atoms with E-state index < -0.39 is 0 Å². The molecule has 4 heteroatoms. The van der Waals surface area contributed by atoms with E-state index in [9.17, 15) is 4.79 Å². The van der Waals surface area contributed by atoms with Crippen LogP contribution >= 0.6 is 0 Å². The number of benzene rings is 4. The van der Waals surface area contributed by atoms with E-state index in [0.29, 0.717) is 16.8 Å². The Balaban J connectivity index is 1.38. The van der Waals surface area contributed by atoms with Crippen molar-refractivity contribution in [3.63, 3.8) is 0 Å². The second-order valence-electron chi connectivity index (χ2n) is 7.14. The highest BCUT2D eigenvalue weighted by molar-refractivity contribution is 6.09. The third kappa shape index (κ3) is 5.43. The minimum absolute atomic E-state index is 0.00706. The molecule has 0 aliphatic rings. The second-order valence-corrected chi connectivity index (χ2v) is 7.14. The van der Waals surface area contributed by atoms with Crippen LogP contribution in [-0.2, 0) is 0 Å². The average Bonchev–Trinajstić information content (AvgIpc) is 2.87. The Kier molecular flexibility index (Phi) is 6.63. The molecule has 0 aromatic heterocycles. The molecule has 0 atom stereocenters. The van der Waals surface area contributed by atoms with Gasteiger partial charge in [0.2, 0.25) is 0 Å². The molecule has 4 aromatic carbocycles. The predicted molar refractivity (Wildman–Crippen MR) is 129 cm³/mol. The number of carbonyl (C=O) groups is 1. The summed E-state index contributed by atoms with van der Waals surface area (Å²) >= 11 is 0. The summed E-state index contributed by atoms with van der Waals surface area (Å²) in [6.07, 6.45) is 4.10. The third-order valence-electron chi connectivity index (χ3n) is 4.92. The highest BCUT2D eigenvalue weighted by Crippen LogP contribution is 2.21. The first kappa shape index (κ1) is 20.9. The molecule has 0 fully saturated rings. The van der Waals surface area contributed by atoms with Gasteiger partial charge in [-0.25, -0.2) is 0 Å². The van der Waals surface area contributed by atoms with Crippen molar-refractivity contribution in [3.8, 4) is 5.75 Å². The standard InChI is InChI=1S/C28H22N2O2/c1-32-27-19-11-22(12-20-27)8-7-21-9-15-25(16-10-21)29-30-26-17-13-24(14-18-26)28(31)23-5-3-2-4-6-23/h2-20H,1H3/b8-7+,30-29?. The molecule has 0 aliphatic heterocycles. The van der Waals surface area contributed by atoms with Crippen LogP contribution in [0.5, 0.6) is 5.75 Å². The molecule has 4 aromatic rings. The largest absolute Gasteiger partial charge is 0.497 e. The Hall–Kier alpha value is -4.31. The van der Waals surface area contributed by atoms with E-state index in [4.69, 9.17) is 4.74 Å². The van der Waals surface area contributed by atoms with E-state index in [1.54, 1.807) is 31.4 Å². The number of rotatable bonds is 7. The van der Waals surface area contributed by atoms with Gasteiger partial charge in [-0.15, -0.1) is 0 Å². The van der Waals surface area contributed by atoms with Crippen molar-refractivity contribution in [1.29, 1.82) is 0 Å². The fourth-order valence-electron chi connectivity index (χ4n) is 3.11. The van der Waals surface area contributed by atoms with Gasteiger partial charge >= 0.3 is 0 Å². The Morgan fingerprint density at radius 1 is 0.625 bits per heavy atom.